The summed E-state index contributed by atoms with van der Waals surface area (Å²) in [6, 6.07) is 3.87. The summed E-state index contributed by atoms with van der Waals surface area (Å²) < 4.78 is 5.63. The molecule has 1 aliphatic heterocycles. The number of nitrogens with zero attached hydrogens (tertiary/aromatic N) is 2. The number of aliphatic imine (C=N–C) groups is 1. The highest BCUT2D eigenvalue weighted by molar-refractivity contribution is 6.01. The molecule has 1 aliphatic rings. The molecule has 1 aromatic heterocycles. The summed E-state index contributed by atoms with van der Waals surface area (Å²) in [7, 11) is 0. The van der Waals surface area contributed by atoms with Gasteiger partial charge in [0.1, 0.15) is 5.84 Å². The number of hydrogen-bond acceptors (Lipinski definition) is 4. The van der Waals surface area contributed by atoms with E-state index < -0.39 is 0 Å². The molecule has 0 saturated carbocycles. The van der Waals surface area contributed by atoms with Crippen LogP contribution in [0.1, 0.15) is 19.4 Å². The van der Waals surface area contributed by atoms with Crippen molar-refractivity contribution < 1.29 is 4.74 Å². The summed E-state index contributed by atoms with van der Waals surface area (Å²) in [6.07, 6.45) is 1.86. The van der Waals surface area contributed by atoms with E-state index in [-0.39, 0.29) is 6.10 Å². The Labute approximate surface area is 89.4 Å². The maximum Gasteiger partial charge on any atom is 0.224 e. The maximum atomic E-state index is 5.63. The van der Waals surface area contributed by atoms with Gasteiger partial charge in [0.2, 0.25) is 5.88 Å². The monoisotopic (exact) mass is 205 g/mol. The van der Waals surface area contributed by atoms with Crippen LogP contribution in [-0.2, 0) is 0 Å². The Morgan fingerprint density at radius 3 is 3.00 bits per heavy atom. The molecule has 80 valence electrons. The molecule has 2 rings (SSSR count). The van der Waals surface area contributed by atoms with E-state index in [0.717, 1.165) is 24.5 Å². The van der Waals surface area contributed by atoms with Gasteiger partial charge in [-0.2, -0.15) is 0 Å². The number of hydrogen-bond donors (Lipinski definition) is 1. The van der Waals surface area contributed by atoms with Gasteiger partial charge in [-0.25, -0.2) is 4.98 Å². The largest absolute Gasteiger partial charge is 0.474 e. The van der Waals surface area contributed by atoms with E-state index >= 15 is 0 Å². The van der Waals surface area contributed by atoms with Crippen LogP contribution in [0.15, 0.2) is 23.3 Å². The molecule has 1 aromatic rings. The topological polar surface area (TPSA) is 46.5 Å². The van der Waals surface area contributed by atoms with E-state index in [2.05, 4.69) is 15.3 Å². The van der Waals surface area contributed by atoms with E-state index in [1.807, 2.05) is 26.0 Å². The van der Waals surface area contributed by atoms with E-state index in [0.29, 0.717) is 5.88 Å². The first-order chi connectivity index (χ1) is 7.27. The molecule has 4 nitrogen and oxygen atoms in total. The highest BCUT2D eigenvalue weighted by atomic mass is 16.5. The first kappa shape index (κ1) is 9.96. The minimum Gasteiger partial charge on any atom is -0.474 e. The fraction of sp³-hybridized carbons (Fsp3) is 0.455. The molecule has 0 atom stereocenters. The molecule has 0 aromatic carbocycles. The number of ether oxygens (including phenoxy) is 1. The quantitative estimate of drug-likeness (QED) is 0.807. The van der Waals surface area contributed by atoms with Gasteiger partial charge in [-0.3, -0.25) is 4.99 Å². The molecule has 4 heteroatoms. The summed E-state index contributed by atoms with van der Waals surface area (Å²) in [4.78, 5) is 8.58. The van der Waals surface area contributed by atoms with Crippen molar-refractivity contribution in [3.63, 3.8) is 0 Å². The second-order valence-corrected chi connectivity index (χ2v) is 3.68. The fourth-order valence-corrected chi connectivity index (χ4v) is 1.47. The van der Waals surface area contributed by atoms with Gasteiger partial charge < -0.3 is 10.1 Å². The molecule has 1 N–H and O–H groups in total. The van der Waals surface area contributed by atoms with Crippen LogP contribution in [0, 0.1) is 0 Å². The van der Waals surface area contributed by atoms with Crippen molar-refractivity contribution in [1.29, 1.82) is 0 Å². The molecule has 2 heterocycles. The van der Waals surface area contributed by atoms with Crippen LogP contribution < -0.4 is 10.1 Å². The Kier molecular flexibility index (Phi) is 2.85. The lowest BCUT2D eigenvalue weighted by Gasteiger charge is -2.12. The number of amidine groups is 1. The van der Waals surface area contributed by atoms with Gasteiger partial charge in [0.25, 0.3) is 0 Å². The number of nitrogens with one attached hydrogen (secondary N) is 1. The lowest BCUT2D eigenvalue weighted by Crippen LogP contribution is -2.21. The van der Waals surface area contributed by atoms with Gasteiger partial charge in [0.15, 0.2) is 0 Å². The van der Waals surface area contributed by atoms with Gasteiger partial charge in [-0.05, 0) is 26.0 Å². The Bertz CT molecular complexity index is 374. The third-order valence-corrected chi connectivity index (χ3v) is 2.05. The molecule has 0 bridgehead atoms. The average Bonchev–Trinajstić information content (AvgIpc) is 2.70. The second kappa shape index (κ2) is 4.29. The smallest absolute Gasteiger partial charge is 0.224 e. The second-order valence-electron chi connectivity index (χ2n) is 3.68. The first-order valence-corrected chi connectivity index (χ1v) is 5.18. The van der Waals surface area contributed by atoms with Crippen LogP contribution >= 0.6 is 0 Å². The summed E-state index contributed by atoms with van der Waals surface area (Å²) in [5, 5.41) is 3.22. The van der Waals surface area contributed by atoms with E-state index in [1.54, 1.807) is 6.20 Å². The standard InChI is InChI=1S/C11H15N3O/c1-8(2)15-11-9(4-3-5-14-11)10-12-6-7-13-10/h3-5,8H,6-7H2,1-2H3,(H,12,13). The molecule has 0 saturated heterocycles. The first-order valence-electron chi connectivity index (χ1n) is 5.18. The van der Waals surface area contributed by atoms with Crippen molar-refractivity contribution in [2.24, 2.45) is 4.99 Å². The zero-order chi connectivity index (χ0) is 10.7. The van der Waals surface area contributed by atoms with Crippen molar-refractivity contribution >= 4 is 5.84 Å². The van der Waals surface area contributed by atoms with Gasteiger partial charge in [0, 0.05) is 12.7 Å². The van der Waals surface area contributed by atoms with Gasteiger partial charge in [0.05, 0.1) is 18.2 Å². The average molecular weight is 205 g/mol. The summed E-state index contributed by atoms with van der Waals surface area (Å²) in [6.45, 7) is 5.70. The zero-order valence-corrected chi connectivity index (χ0v) is 9.03. The number of aromatic nitrogens is 1. The van der Waals surface area contributed by atoms with Crippen LogP contribution in [0.25, 0.3) is 0 Å². The van der Waals surface area contributed by atoms with Gasteiger partial charge in [-0.1, -0.05) is 0 Å². The summed E-state index contributed by atoms with van der Waals surface area (Å²) >= 11 is 0. The Morgan fingerprint density at radius 2 is 2.33 bits per heavy atom. The lowest BCUT2D eigenvalue weighted by atomic mass is 10.2. The molecule has 0 radical (unpaired) electrons. The zero-order valence-electron chi connectivity index (χ0n) is 9.03. The Hall–Kier alpha value is -1.58. The predicted molar refractivity (Wildman–Crippen MR) is 59.4 cm³/mol. The van der Waals surface area contributed by atoms with Crippen LogP contribution in [0.4, 0.5) is 0 Å². The van der Waals surface area contributed by atoms with Crippen LogP contribution in [0.2, 0.25) is 0 Å². The van der Waals surface area contributed by atoms with Crippen molar-refractivity contribution in [2.75, 3.05) is 13.1 Å². The minimum absolute atomic E-state index is 0.126. The van der Waals surface area contributed by atoms with E-state index in [4.69, 9.17) is 4.74 Å². The molecule has 0 aliphatic carbocycles. The Balaban J connectivity index is 2.29. The summed E-state index contributed by atoms with van der Waals surface area (Å²) in [5.74, 6) is 1.54. The highest BCUT2D eigenvalue weighted by Crippen LogP contribution is 2.17. The molecule has 0 amide bonds. The maximum absolute atomic E-state index is 5.63. The number of rotatable bonds is 3. The lowest BCUT2D eigenvalue weighted by molar-refractivity contribution is 0.232. The highest BCUT2D eigenvalue weighted by Gasteiger charge is 2.14. The van der Waals surface area contributed by atoms with Crippen LogP contribution in [0.5, 0.6) is 5.88 Å². The van der Waals surface area contributed by atoms with Gasteiger partial charge >= 0.3 is 0 Å². The molecular weight excluding hydrogens is 190 g/mol. The third kappa shape index (κ3) is 2.26. The van der Waals surface area contributed by atoms with Crippen LogP contribution in [0.3, 0.4) is 0 Å². The van der Waals surface area contributed by atoms with Gasteiger partial charge in [-0.15, -0.1) is 0 Å². The molecule has 0 fully saturated rings. The van der Waals surface area contributed by atoms with Crippen molar-refractivity contribution in [1.82, 2.24) is 10.3 Å². The predicted octanol–water partition coefficient (Wildman–Crippen LogP) is 1.22. The molecule has 15 heavy (non-hydrogen) atoms. The van der Waals surface area contributed by atoms with E-state index in [9.17, 15) is 0 Å². The molecule has 0 spiro atoms. The van der Waals surface area contributed by atoms with Crippen LogP contribution in [-0.4, -0.2) is 30.0 Å². The Morgan fingerprint density at radius 1 is 1.47 bits per heavy atom. The van der Waals surface area contributed by atoms with E-state index in [1.165, 1.54) is 0 Å². The minimum atomic E-state index is 0.126. The molecular formula is C11H15N3O. The SMILES string of the molecule is CC(C)Oc1ncccc1C1=NCCN1. The number of pyridine rings is 1. The normalized spacial score (nSPS) is 15.0. The molecule has 0 unspecified atom stereocenters. The fourth-order valence-electron chi connectivity index (χ4n) is 1.47. The summed E-state index contributed by atoms with van der Waals surface area (Å²) in [5.41, 5.74) is 0.948. The third-order valence-electron chi connectivity index (χ3n) is 2.05. The van der Waals surface area contributed by atoms with Crippen molar-refractivity contribution in [2.45, 2.75) is 20.0 Å². The van der Waals surface area contributed by atoms with Crippen molar-refractivity contribution in [3.8, 4) is 5.88 Å². The van der Waals surface area contributed by atoms with Crippen molar-refractivity contribution in [3.05, 3.63) is 23.9 Å².